The van der Waals surface area contributed by atoms with E-state index < -0.39 is 11.5 Å². The third-order valence-corrected chi connectivity index (χ3v) is 4.76. The molecule has 2 aromatic carbocycles. The van der Waals surface area contributed by atoms with E-state index in [2.05, 4.69) is 11.0 Å². The molecule has 6 heteroatoms. The molecule has 6 nitrogen and oxygen atoms in total. The molecule has 3 rings (SSSR count). The van der Waals surface area contributed by atoms with E-state index in [1.54, 1.807) is 6.92 Å². The van der Waals surface area contributed by atoms with Crippen LogP contribution < -0.4 is 20.1 Å². The third-order valence-electron chi connectivity index (χ3n) is 4.76. The molecular weight excluding hydrogens is 344 g/mol. The largest absolute Gasteiger partial charge is 0.492 e. The van der Waals surface area contributed by atoms with Gasteiger partial charge in [0.15, 0.2) is 5.60 Å². The van der Waals surface area contributed by atoms with E-state index in [1.807, 2.05) is 49.4 Å². The highest BCUT2D eigenvalue weighted by molar-refractivity contribution is 5.84. The summed E-state index contributed by atoms with van der Waals surface area (Å²) in [5.41, 5.74) is 6.19. The fourth-order valence-electron chi connectivity index (χ4n) is 3.19. The second kappa shape index (κ2) is 8.31. The van der Waals surface area contributed by atoms with Gasteiger partial charge in [-0.05, 0) is 43.7 Å². The van der Waals surface area contributed by atoms with Crippen molar-refractivity contribution in [1.29, 1.82) is 0 Å². The summed E-state index contributed by atoms with van der Waals surface area (Å²) < 4.78 is 17.1. The summed E-state index contributed by atoms with van der Waals surface area (Å²) >= 11 is 0. The quantitative estimate of drug-likeness (QED) is 0.773. The molecular formula is C21H26N2O4. The van der Waals surface area contributed by atoms with Crippen LogP contribution in [0, 0.1) is 0 Å². The molecule has 1 unspecified atom stereocenters. The Morgan fingerprint density at radius 1 is 1.22 bits per heavy atom. The summed E-state index contributed by atoms with van der Waals surface area (Å²) in [7, 11) is 0. The number of benzene rings is 2. The number of fused-ring (bicyclic) bond motifs is 1. The molecule has 1 aliphatic heterocycles. The van der Waals surface area contributed by atoms with Crippen molar-refractivity contribution >= 4 is 11.6 Å². The van der Waals surface area contributed by atoms with Crippen LogP contribution in [0.4, 0.5) is 5.69 Å². The molecule has 0 saturated carbocycles. The average molecular weight is 370 g/mol. The first-order valence-corrected chi connectivity index (χ1v) is 9.18. The summed E-state index contributed by atoms with van der Waals surface area (Å²) in [6, 6.07) is 15.3. The van der Waals surface area contributed by atoms with Crippen LogP contribution >= 0.6 is 0 Å². The number of ether oxygens (including phenoxy) is 3. The van der Waals surface area contributed by atoms with E-state index in [1.165, 1.54) is 0 Å². The predicted molar refractivity (Wildman–Crippen MR) is 104 cm³/mol. The zero-order valence-corrected chi connectivity index (χ0v) is 15.8. The first-order chi connectivity index (χ1) is 13.0. The van der Waals surface area contributed by atoms with E-state index in [0.29, 0.717) is 25.4 Å². The van der Waals surface area contributed by atoms with E-state index in [4.69, 9.17) is 19.9 Å². The van der Waals surface area contributed by atoms with Gasteiger partial charge in [0, 0.05) is 6.61 Å². The predicted octanol–water partition coefficient (Wildman–Crippen LogP) is 2.70. The zero-order chi connectivity index (χ0) is 19.3. The molecule has 144 valence electrons. The van der Waals surface area contributed by atoms with Gasteiger partial charge >= 0.3 is 0 Å². The molecule has 1 heterocycles. The summed E-state index contributed by atoms with van der Waals surface area (Å²) in [5.74, 6) is 1.14. The standard InChI is InChI=1S/C21H26N2O4/c1-3-27-21(2,20(22)24)16-8-10-17(11-9-16)25-14-12-23-13-15-26-19-7-5-4-6-18(19)23/h4-11H,3,12-15H2,1-2H3,(H2,22,24). The number of para-hydroxylation sites is 2. The number of anilines is 1. The van der Waals surface area contributed by atoms with Crippen LogP contribution in [0.15, 0.2) is 48.5 Å². The Labute approximate surface area is 159 Å². The number of carbonyl (C=O) groups excluding carboxylic acids is 1. The fourth-order valence-corrected chi connectivity index (χ4v) is 3.19. The lowest BCUT2D eigenvalue weighted by atomic mass is 9.95. The van der Waals surface area contributed by atoms with Gasteiger partial charge in [0.05, 0.1) is 18.8 Å². The molecule has 0 radical (unpaired) electrons. The van der Waals surface area contributed by atoms with Crippen LogP contribution in [0.1, 0.15) is 19.4 Å². The molecule has 1 aliphatic rings. The highest BCUT2D eigenvalue weighted by atomic mass is 16.5. The van der Waals surface area contributed by atoms with Crippen LogP contribution in [0.2, 0.25) is 0 Å². The van der Waals surface area contributed by atoms with Crippen molar-refractivity contribution in [3.8, 4) is 11.5 Å². The van der Waals surface area contributed by atoms with Crippen LogP contribution in [-0.4, -0.2) is 38.8 Å². The Hall–Kier alpha value is -2.73. The molecule has 0 bridgehead atoms. The summed E-state index contributed by atoms with van der Waals surface area (Å²) in [6.07, 6.45) is 0. The number of primary amides is 1. The number of rotatable bonds is 8. The maximum Gasteiger partial charge on any atom is 0.254 e. The lowest BCUT2D eigenvalue weighted by molar-refractivity contribution is -0.142. The number of nitrogens with zero attached hydrogens (tertiary/aromatic N) is 1. The van der Waals surface area contributed by atoms with Crippen molar-refractivity contribution < 1.29 is 19.0 Å². The minimum atomic E-state index is -1.13. The molecule has 0 aromatic heterocycles. The molecule has 0 aliphatic carbocycles. The maximum atomic E-state index is 11.8. The van der Waals surface area contributed by atoms with Crippen molar-refractivity contribution in [2.45, 2.75) is 19.4 Å². The molecule has 0 saturated heterocycles. The molecule has 2 aromatic rings. The van der Waals surface area contributed by atoms with Crippen molar-refractivity contribution in [1.82, 2.24) is 0 Å². The Morgan fingerprint density at radius 3 is 2.67 bits per heavy atom. The van der Waals surface area contributed by atoms with Gasteiger partial charge in [0.2, 0.25) is 0 Å². The Morgan fingerprint density at radius 2 is 1.96 bits per heavy atom. The second-order valence-electron chi connectivity index (χ2n) is 6.51. The van der Waals surface area contributed by atoms with E-state index in [-0.39, 0.29) is 0 Å². The Balaban J connectivity index is 1.59. The highest BCUT2D eigenvalue weighted by Crippen LogP contribution is 2.31. The van der Waals surface area contributed by atoms with Crippen LogP contribution in [0.25, 0.3) is 0 Å². The Kier molecular flexibility index (Phi) is 5.86. The molecule has 27 heavy (non-hydrogen) atoms. The second-order valence-corrected chi connectivity index (χ2v) is 6.51. The molecule has 0 spiro atoms. The zero-order valence-electron chi connectivity index (χ0n) is 15.8. The molecule has 2 N–H and O–H groups in total. The smallest absolute Gasteiger partial charge is 0.254 e. The van der Waals surface area contributed by atoms with Gasteiger partial charge < -0.3 is 24.8 Å². The molecule has 0 fully saturated rings. The number of hydrogen-bond donors (Lipinski definition) is 1. The van der Waals surface area contributed by atoms with Gasteiger partial charge in [-0.1, -0.05) is 24.3 Å². The fraction of sp³-hybridized carbons (Fsp3) is 0.381. The van der Waals surface area contributed by atoms with Gasteiger partial charge in [-0.25, -0.2) is 0 Å². The van der Waals surface area contributed by atoms with E-state index in [0.717, 1.165) is 30.3 Å². The summed E-state index contributed by atoms with van der Waals surface area (Å²) in [5, 5.41) is 0. The van der Waals surface area contributed by atoms with Gasteiger partial charge in [-0.15, -0.1) is 0 Å². The van der Waals surface area contributed by atoms with Crippen molar-refractivity contribution in [2.24, 2.45) is 5.73 Å². The van der Waals surface area contributed by atoms with Crippen LogP contribution in [0.3, 0.4) is 0 Å². The van der Waals surface area contributed by atoms with Gasteiger partial charge in [-0.3, -0.25) is 4.79 Å². The first-order valence-electron chi connectivity index (χ1n) is 9.18. The Bertz CT molecular complexity index is 778. The lowest BCUT2D eigenvalue weighted by Crippen LogP contribution is -2.41. The normalized spacial score (nSPS) is 15.4. The van der Waals surface area contributed by atoms with Gasteiger partial charge in [-0.2, -0.15) is 0 Å². The van der Waals surface area contributed by atoms with E-state index in [9.17, 15) is 4.79 Å². The van der Waals surface area contributed by atoms with Gasteiger partial charge in [0.1, 0.15) is 24.7 Å². The number of nitrogens with two attached hydrogens (primary N) is 1. The van der Waals surface area contributed by atoms with Gasteiger partial charge in [0.25, 0.3) is 5.91 Å². The van der Waals surface area contributed by atoms with Crippen LogP contribution in [-0.2, 0) is 15.1 Å². The summed E-state index contributed by atoms with van der Waals surface area (Å²) in [6.45, 7) is 6.75. The first kappa shape index (κ1) is 19.0. The highest BCUT2D eigenvalue weighted by Gasteiger charge is 2.33. The maximum absolute atomic E-state index is 11.8. The number of hydrogen-bond acceptors (Lipinski definition) is 5. The molecule has 1 atom stereocenters. The van der Waals surface area contributed by atoms with E-state index >= 15 is 0 Å². The monoisotopic (exact) mass is 370 g/mol. The minimum absolute atomic E-state index is 0.402. The van der Waals surface area contributed by atoms with Crippen molar-refractivity contribution in [3.63, 3.8) is 0 Å². The number of amides is 1. The molecule has 1 amide bonds. The third kappa shape index (κ3) is 4.17. The SMILES string of the molecule is CCOC(C)(C(N)=O)c1ccc(OCCN2CCOc3ccccc32)cc1. The average Bonchev–Trinajstić information content (AvgIpc) is 2.68. The van der Waals surface area contributed by atoms with Crippen molar-refractivity contribution in [2.75, 3.05) is 37.8 Å². The lowest BCUT2D eigenvalue weighted by Gasteiger charge is -2.31. The van der Waals surface area contributed by atoms with Crippen LogP contribution in [0.5, 0.6) is 11.5 Å². The minimum Gasteiger partial charge on any atom is -0.492 e. The number of carbonyl (C=O) groups is 1. The summed E-state index contributed by atoms with van der Waals surface area (Å²) in [4.78, 5) is 14.1. The van der Waals surface area contributed by atoms with Crippen molar-refractivity contribution in [3.05, 3.63) is 54.1 Å². The topological polar surface area (TPSA) is 74.0 Å².